The molecule has 6 nitrogen and oxygen atoms in total. The van der Waals surface area contributed by atoms with Crippen molar-refractivity contribution in [2.45, 2.75) is 237 Å². The predicted octanol–water partition coefficient (Wildman–Crippen LogP) is 26.9. The molecule has 0 amide bonds. The van der Waals surface area contributed by atoms with Gasteiger partial charge >= 0.3 is 0 Å². The van der Waals surface area contributed by atoms with E-state index in [-0.39, 0.29) is 21.1 Å². The monoisotopic (exact) mass is 1310 g/mol. The molecule has 7 heteroatoms. The standard InChI is InChI=1S/6C13H17N.W/c6*1-9(2)11-7-6-8-12(10(3)4)13(11)14-5;/h6*6-10H,1-4H3;. The maximum absolute atomic E-state index is 7.24. The molecule has 0 saturated carbocycles. The average Bonchev–Trinajstić information content (AvgIpc) is 3.45. The van der Waals surface area contributed by atoms with Crippen molar-refractivity contribution in [1.82, 2.24) is 0 Å². The van der Waals surface area contributed by atoms with E-state index in [0.717, 1.165) is 34.1 Å². The number of rotatable bonds is 12. The SMILES string of the molecule is [C-]#[N+]c1c(C(C)C)cccc1C(C)C.[C-]#[N+]c1c(C(C)C)cccc1C(C)C.[C-]#[N+]c1c(C(C)C)cccc1C(C)C.[C-]#[N+]c1c(C(C)C)cccc1C(C)C.[C-]#[N+]c1c(C(C)C)cccc1C(C)C.[C-]#[N+]c1c(C(C)C)cccc1C(C)C.[W]. The van der Waals surface area contributed by atoms with Crippen molar-refractivity contribution >= 4 is 34.1 Å². The fraction of sp³-hybridized carbons (Fsp3) is 0.462. The molecular formula is C78H102N6W. The molecule has 0 aliphatic rings. The first-order valence-electron chi connectivity index (χ1n) is 30.5. The summed E-state index contributed by atoms with van der Waals surface area (Å²) in [7, 11) is 0. The van der Waals surface area contributed by atoms with Crippen molar-refractivity contribution in [2.24, 2.45) is 0 Å². The normalized spacial score (nSPS) is 10.5. The summed E-state index contributed by atoms with van der Waals surface area (Å²) >= 11 is 0. The molecule has 0 fully saturated rings. The van der Waals surface area contributed by atoms with Crippen LogP contribution in [0.15, 0.2) is 109 Å². The van der Waals surface area contributed by atoms with Gasteiger partial charge < -0.3 is 0 Å². The van der Waals surface area contributed by atoms with Crippen LogP contribution in [0.25, 0.3) is 29.1 Å². The Hall–Kier alpha value is -7.05. The van der Waals surface area contributed by atoms with Crippen LogP contribution in [0.5, 0.6) is 0 Å². The third-order valence-electron chi connectivity index (χ3n) is 14.7. The number of hydrogen-bond donors (Lipinski definition) is 0. The largest absolute Gasteiger partial charge is 0.238 e. The summed E-state index contributed by atoms with van der Waals surface area (Å²) < 4.78 is 0. The molecule has 0 aliphatic heterocycles. The van der Waals surface area contributed by atoms with Crippen LogP contribution < -0.4 is 0 Å². The predicted molar refractivity (Wildman–Crippen MR) is 365 cm³/mol. The van der Waals surface area contributed by atoms with Crippen molar-refractivity contribution in [3.05, 3.63) is 244 Å². The van der Waals surface area contributed by atoms with E-state index in [1.54, 1.807) is 0 Å². The van der Waals surface area contributed by atoms with Crippen LogP contribution in [0.3, 0.4) is 0 Å². The Morgan fingerprint density at radius 2 is 0.247 bits per heavy atom. The van der Waals surface area contributed by atoms with Crippen LogP contribution in [0.2, 0.25) is 0 Å². The molecule has 6 aromatic rings. The van der Waals surface area contributed by atoms with E-state index in [4.69, 9.17) is 39.4 Å². The third kappa shape index (κ3) is 23.0. The van der Waals surface area contributed by atoms with Crippen molar-refractivity contribution < 1.29 is 21.1 Å². The van der Waals surface area contributed by atoms with Gasteiger partial charge in [-0.2, -0.15) is 0 Å². The quantitative estimate of drug-likeness (QED) is 0.109. The van der Waals surface area contributed by atoms with Gasteiger partial charge in [-0.05, 0) is 138 Å². The first-order chi connectivity index (χ1) is 39.4. The summed E-state index contributed by atoms with van der Waals surface area (Å²) in [6, 6.07) is 37.0. The molecule has 0 aromatic heterocycles. The van der Waals surface area contributed by atoms with Gasteiger partial charge in [0, 0.05) is 21.1 Å². The Bertz CT molecular complexity index is 2560. The van der Waals surface area contributed by atoms with E-state index in [1.807, 2.05) is 0 Å². The Labute approximate surface area is 533 Å². The minimum atomic E-state index is 0. The van der Waals surface area contributed by atoms with E-state index in [2.05, 4.69) is 304 Å². The molecule has 6 rings (SSSR count). The van der Waals surface area contributed by atoms with Crippen molar-refractivity contribution in [3.63, 3.8) is 0 Å². The Kier molecular flexibility index (Phi) is 35.6. The van der Waals surface area contributed by atoms with Gasteiger partial charge in [0.05, 0.1) is 39.4 Å². The summed E-state index contributed by atoms with van der Waals surface area (Å²) in [6.07, 6.45) is 0. The van der Waals surface area contributed by atoms with Crippen LogP contribution in [0.4, 0.5) is 34.1 Å². The Morgan fingerprint density at radius 3 is 0.294 bits per heavy atom. The van der Waals surface area contributed by atoms with Crippen LogP contribution in [0, 0.1) is 39.4 Å². The minimum Gasteiger partial charge on any atom is -0.238 e. The summed E-state index contributed by atoms with van der Waals surface area (Å²) in [5.41, 5.74) is 19.2. The van der Waals surface area contributed by atoms with Gasteiger partial charge in [0.15, 0.2) is 34.1 Å². The molecule has 0 bridgehead atoms. The third-order valence-corrected chi connectivity index (χ3v) is 14.7. The molecule has 6 aromatic carbocycles. The zero-order valence-corrected chi connectivity index (χ0v) is 59.3. The topological polar surface area (TPSA) is 26.2 Å². The van der Waals surface area contributed by atoms with Crippen LogP contribution >= 0.6 is 0 Å². The van der Waals surface area contributed by atoms with E-state index in [0.29, 0.717) is 71.0 Å². The molecule has 0 aliphatic carbocycles. The number of benzene rings is 6. The second-order valence-electron chi connectivity index (χ2n) is 25.2. The van der Waals surface area contributed by atoms with E-state index >= 15 is 0 Å². The van der Waals surface area contributed by atoms with Gasteiger partial charge in [-0.15, -0.1) is 0 Å². The minimum absolute atomic E-state index is 0. The molecule has 85 heavy (non-hydrogen) atoms. The fourth-order valence-electron chi connectivity index (χ4n) is 9.85. The summed E-state index contributed by atoms with van der Waals surface area (Å²) in [6.45, 7) is 94.6. The first kappa shape index (κ1) is 77.9. The van der Waals surface area contributed by atoms with Crippen molar-refractivity contribution in [3.8, 4) is 0 Å². The Morgan fingerprint density at radius 1 is 0.176 bits per heavy atom. The molecule has 0 radical (unpaired) electrons. The smallest absolute Gasteiger partial charge is 0.194 e. The maximum atomic E-state index is 7.24. The van der Waals surface area contributed by atoms with Crippen molar-refractivity contribution in [1.29, 1.82) is 0 Å². The summed E-state index contributed by atoms with van der Waals surface area (Å²) in [5.74, 6) is 5.14. The number of nitrogens with zero attached hydrogens (tertiary/aromatic N) is 6. The van der Waals surface area contributed by atoms with Crippen LogP contribution in [-0.2, 0) is 21.1 Å². The van der Waals surface area contributed by atoms with Crippen LogP contribution in [0.1, 0.15) is 304 Å². The van der Waals surface area contributed by atoms with Gasteiger partial charge in [0.1, 0.15) is 0 Å². The van der Waals surface area contributed by atoms with Gasteiger partial charge in [-0.25, -0.2) is 29.1 Å². The molecule has 0 spiro atoms. The van der Waals surface area contributed by atoms with Crippen molar-refractivity contribution in [2.75, 3.05) is 0 Å². The Balaban J connectivity index is 0.000000994. The second-order valence-corrected chi connectivity index (χ2v) is 25.2. The van der Waals surface area contributed by atoms with Gasteiger partial charge in [-0.3, -0.25) is 0 Å². The fourth-order valence-corrected chi connectivity index (χ4v) is 9.85. The molecule has 0 atom stereocenters. The molecule has 0 unspecified atom stereocenters. The number of para-hydroxylation sites is 6. The second kappa shape index (κ2) is 38.8. The van der Waals surface area contributed by atoms with E-state index in [1.165, 1.54) is 66.8 Å². The van der Waals surface area contributed by atoms with E-state index in [9.17, 15) is 0 Å². The molecule has 0 heterocycles. The van der Waals surface area contributed by atoms with E-state index < -0.39 is 0 Å². The van der Waals surface area contributed by atoms with Crippen LogP contribution in [-0.4, -0.2) is 0 Å². The first-order valence-corrected chi connectivity index (χ1v) is 30.5. The maximum Gasteiger partial charge on any atom is 0.194 e. The van der Waals surface area contributed by atoms with Gasteiger partial charge in [0.25, 0.3) is 0 Å². The summed E-state index contributed by atoms with van der Waals surface area (Å²) in [4.78, 5) is 22.0. The molecule has 0 saturated heterocycles. The number of hydrogen-bond acceptors (Lipinski definition) is 0. The van der Waals surface area contributed by atoms with Gasteiger partial charge in [0.2, 0.25) is 0 Å². The zero-order chi connectivity index (χ0) is 64.3. The zero-order valence-electron chi connectivity index (χ0n) is 56.4. The molecular weight excluding hydrogens is 1200 g/mol. The van der Waals surface area contributed by atoms with Gasteiger partial charge in [-0.1, -0.05) is 275 Å². The summed E-state index contributed by atoms with van der Waals surface area (Å²) in [5, 5.41) is 0. The molecule has 0 N–H and O–H groups in total. The molecule has 450 valence electrons. The average molecular weight is 1310 g/mol.